The van der Waals surface area contributed by atoms with Crippen molar-refractivity contribution in [1.82, 2.24) is 9.88 Å². The lowest BCUT2D eigenvalue weighted by molar-refractivity contribution is -0.135. The predicted octanol–water partition coefficient (Wildman–Crippen LogP) is 2.16. The van der Waals surface area contributed by atoms with Crippen LogP contribution in [0.5, 0.6) is 5.75 Å². The number of rotatable bonds is 4. The molecule has 0 saturated carbocycles. The molecule has 0 aromatic carbocycles. The molecule has 1 amide bonds. The Balaban J connectivity index is 2.18. The van der Waals surface area contributed by atoms with E-state index in [-0.39, 0.29) is 0 Å². The third kappa shape index (κ3) is 2.92. The standard InChI is InChI=1S/C16H14N2O5S2/c1-7-3-4-24-13(7)9-5-8-14(25-9)12(21)11(16(23)18(8)2)15(22)17-6-10(19)20/h3-5,21H,6H2,1-2H3,(H,17,22)(H,19,20). The van der Waals surface area contributed by atoms with Crippen LogP contribution < -0.4 is 10.9 Å². The number of carbonyl (C=O) groups is 2. The Morgan fingerprint density at radius 3 is 2.68 bits per heavy atom. The van der Waals surface area contributed by atoms with E-state index in [1.807, 2.05) is 18.4 Å². The van der Waals surface area contributed by atoms with E-state index in [1.165, 1.54) is 23.0 Å². The van der Waals surface area contributed by atoms with Crippen LogP contribution in [0.15, 0.2) is 22.3 Å². The number of aromatic nitrogens is 1. The number of aromatic hydroxyl groups is 1. The van der Waals surface area contributed by atoms with Gasteiger partial charge in [0.2, 0.25) is 0 Å². The Kier molecular flexibility index (Phi) is 4.36. The molecule has 3 aromatic heterocycles. The van der Waals surface area contributed by atoms with E-state index in [1.54, 1.807) is 17.4 Å². The van der Waals surface area contributed by atoms with Crippen molar-refractivity contribution in [2.45, 2.75) is 6.92 Å². The van der Waals surface area contributed by atoms with Crippen LogP contribution in [-0.2, 0) is 11.8 Å². The molecule has 0 spiro atoms. The largest absolute Gasteiger partial charge is 0.505 e. The number of hydrogen-bond donors (Lipinski definition) is 3. The number of fused-ring (bicyclic) bond motifs is 1. The topological polar surface area (TPSA) is 109 Å². The number of nitrogens with one attached hydrogen (secondary N) is 1. The minimum absolute atomic E-state index is 0.408. The third-order valence-electron chi connectivity index (χ3n) is 3.76. The normalized spacial score (nSPS) is 11.0. The van der Waals surface area contributed by atoms with E-state index in [0.717, 1.165) is 15.3 Å². The lowest BCUT2D eigenvalue weighted by Crippen LogP contribution is -2.35. The second kappa shape index (κ2) is 6.34. The Morgan fingerprint density at radius 1 is 1.36 bits per heavy atom. The van der Waals surface area contributed by atoms with Gasteiger partial charge in [-0.25, -0.2) is 0 Å². The molecular weight excluding hydrogens is 364 g/mol. The molecule has 9 heteroatoms. The highest BCUT2D eigenvalue weighted by molar-refractivity contribution is 7.26. The monoisotopic (exact) mass is 378 g/mol. The average Bonchev–Trinajstić information content (AvgIpc) is 3.17. The lowest BCUT2D eigenvalue weighted by Gasteiger charge is -2.08. The van der Waals surface area contributed by atoms with Crippen molar-refractivity contribution in [2.75, 3.05) is 6.54 Å². The van der Waals surface area contributed by atoms with Crippen LogP contribution >= 0.6 is 22.7 Å². The third-order valence-corrected chi connectivity index (χ3v) is 6.08. The van der Waals surface area contributed by atoms with Crippen molar-refractivity contribution in [1.29, 1.82) is 0 Å². The summed E-state index contributed by atoms with van der Waals surface area (Å²) in [7, 11) is 1.51. The van der Waals surface area contributed by atoms with E-state index in [2.05, 4.69) is 5.32 Å². The van der Waals surface area contributed by atoms with Gasteiger partial charge < -0.3 is 20.1 Å². The molecule has 0 radical (unpaired) electrons. The number of aliphatic carboxylic acids is 1. The summed E-state index contributed by atoms with van der Waals surface area (Å²) in [6.45, 7) is 1.34. The Hall–Kier alpha value is -2.65. The summed E-state index contributed by atoms with van der Waals surface area (Å²) in [4.78, 5) is 37.1. The molecule has 0 aliphatic heterocycles. The van der Waals surface area contributed by atoms with E-state index in [9.17, 15) is 19.5 Å². The van der Waals surface area contributed by atoms with Gasteiger partial charge in [-0.1, -0.05) is 0 Å². The first-order valence-electron chi connectivity index (χ1n) is 7.21. The van der Waals surface area contributed by atoms with Gasteiger partial charge in [-0.05, 0) is 30.0 Å². The number of nitrogens with zero attached hydrogens (tertiary/aromatic N) is 1. The number of pyridine rings is 1. The number of hydrogen-bond acceptors (Lipinski definition) is 6. The SMILES string of the molecule is Cc1ccsc1-c1cc2c(s1)c(O)c(C(=O)NCC(=O)O)c(=O)n2C. The minimum atomic E-state index is -1.24. The van der Waals surface area contributed by atoms with Gasteiger partial charge in [0, 0.05) is 16.8 Å². The summed E-state index contributed by atoms with van der Waals surface area (Å²) in [5.41, 5.74) is 0.471. The van der Waals surface area contributed by atoms with Gasteiger partial charge in [-0.3, -0.25) is 14.4 Å². The van der Waals surface area contributed by atoms with Crippen LogP contribution in [0.2, 0.25) is 0 Å². The molecule has 130 valence electrons. The van der Waals surface area contributed by atoms with Crippen molar-refractivity contribution in [3.8, 4) is 15.5 Å². The maximum atomic E-state index is 12.5. The highest BCUT2D eigenvalue weighted by Crippen LogP contribution is 2.41. The highest BCUT2D eigenvalue weighted by atomic mass is 32.1. The van der Waals surface area contributed by atoms with Crippen LogP contribution in [-0.4, -0.2) is 33.2 Å². The molecule has 0 atom stereocenters. The summed E-state index contributed by atoms with van der Waals surface area (Å²) in [5.74, 6) is -2.58. The van der Waals surface area contributed by atoms with Crippen molar-refractivity contribution >= 4 is 44.8 Å². The molecule has 3 aromatic rings. The first-order chi connectivity index (χ1) is 11.8. The summed E-state index contributed by atoms with van der Waals surface area (Å²) < 4.78 is 1.69. The van der Waals surface area contributed by atoms with Crippen molar-refractivity contribution in [3.05, 3.63) is 39.0 Å². The fourth-order valence-electron chi connectivity index (χ4n) is 2.48. The van der Waals surface area contributed by atoms with Gasteiger partial charge in [0.15, 0.2) is 5.75 Å². The first-order valence-corrected chi connectivity index (χ1v) is 8.90. The average molecular weight is 378 g/mol. The molecule has 7 nitrogen and oxygen atoms in total. The van der Waals surface area contributed by atoms with Crippen molar-refractivity contribution in [3.63, 3.8) is 0 Å². The lowest BCUT2D eigenvalue weighted by atomic mass is 10.2. The van der Waals surface area contributed by atoms with Crippen LogP contribution in [0.25, 0.3) is 20.0 Å². The molecule has 0 fully saturated rings. The van der Waals surface area contributed by atoms with E-state index in [4.69, 9.17) is 5.11 Å². The quantitative estimate of drug-likeness (QED) is 0.645. The number of carboxylic acids is 1. The zero-order chi connectivity index (χ0) is 18.3. The van der Waals surface area contributed by atoms with Gasteiger partial charge in [0.1, 0.15) is 12.1 Å². The fraction of sp³-hybridized carbons (Fsp3) is 0.188. The minimum Gasteiger partial charge on any atom is -0.505 e. The number of amides is 1. The number of carboxylic acid groups (broad SMARTS) is 1. The number of aryl methyl sites for hydroxylation is 2. The fourth-order valence-corrected chi connectivity index (χ4v) is 4.73. The Labute approximate surface area is 149 Å². The maximum absolute atomic E-state index is 12.5. The molecule has 25 heavy (non-hydrogen) atoms. The Morgan fingerprint density at radius 2 is 2.08 bits per heavy atom. The van der Waals surface area contributed by atoms with E-state index in [0.29, 0.717) is 10.2 Å². The molecule has 0 saturated heterocycles. The second-order valence-corrected chi connectivity index (χ2v) is 7.39. The summed E-state index contributed by atoms with van der Waals surface area (Å²) in [6, 6.07) is 3.78. The maximum Gasteiger partial charge on any atom is 0.322 e. The second-order valence-electron chi connectivity index (χ2n) is 5.42. The Bertz CT molecular complexity index is 1060. The van der Waals surface area contributed by atoms with Gasteiger partial charge in [-0.2, -0.15) is 0 Å². The molecule has 3 heterocycles. The molecule has 0 aliphatic carbocycles. The molecule has 3 rings (SSSR count). The van der Waals surface area contributed by atoms with Crippen molar-refractivity contribution < 1.29 is 19.8 Å². The van der Waals surface area contributed by atoms with E-state index >= 15 is 0 Å². The van der Waals surface area contributed by atoms with Gasteiger partial charge in [-0.15, -0.1) is 22.7 Å². The summed E-state index contributed by atoms with van der Waals surface area (Å²) in [6.07, 6.45) is 0. The zero-order valence-electron chi connectivity index (χ0n) is 13.3. The van der Waals surface area contributed by atoms with Crippen molar-refractivity contribution in [2.24, 2.45) is 7.05 Å². The van der Waals surface area contributed by atoms with Crippen LogP contribution in [0.4, 0.5) is 0 Å². The van der Waals surface area contributed by atoms with Gasteiger partial charge in [0.25, 0.3) is 11.5 Å². The highest BCUT2D eigenvalue weighted by Gasteiger charge is 2.23. The molecule has 0 unspecified atom stereocenters. The smallest absolute Gasteiger partial charge is 0.322 e. The molecule has 3 N–H and O–H groups in total. The molecule has 0 bridgehead atoms. The van der Waals surface area contributed by atoms with Gasteiger partial charge in [0.05, 0.1) is 10.2 Å². The summed E-state index contributed by atoms with van der Waals surface area (Å²) in [5, 5.41) is 23.2. The number of carbonyl (C=O) groups excluding carboxylic acids is 1. The van der Waals surface area contributed by atoms with Crippen LogP contribution in [0.1, 0.15) is 15.9 Å². The van der Waals surface area contributed by atoms with Crippen LogP contribution in [0.3, 0.4) is 0 Å². The first kappa shape index (κ1) is 17.2. The molecule has 0 aliphatic rings. The van der Waals surface area contributed by atoms with E-state index < -0.39 is 35.3 Å². The molecular formula is C16H14N2O5S2. The van der Waals surface area contributed by atoms with Crippen LogP contribution in [0, 0.1) is 6.92 Å². The predicted molar refractivity (Wildman–Crippen MR) is 96.7 cm³/mol. The zero-order valence-corrected chi connectivity index (χ0v) is 15.0. The number of thiophene rings is 2. The summed E-state index contributed by atoms with van der Waals surface area (Å²) >= 11 is 2.83. The van der Waals surface area contributed by atoms with Gasteiger partial charge >= 0.3 is 5.97 Å².